The number of nitrogens with zero attached hydrogens (tertiary/aromatic N) is 1. The molecule has 1 aliphatic rings. The summed E-state index contributed by atoms with van der Waals surface area (Å²) in [7, 11) is -4.27. The second-order valence-electron chi connectivity index (χ2n) is 9.78. The van der Waals surface area contributed by atoms with E-state index in [2.05, 4.69) is 4.74 Å². The predicted molar refractivity (Wildman–Crippen MR) is 133 cm³/mol. The Hall–Kier alpha value is -3.48. The molecule has 0 aliphatic carbocycles. The van der Waals surface area contributed by atoms with Crippen LogP contribution >= 0.6 is 0 Å². The van der Waals surface area contributed by atoms with E-state index in [0.29, 0.717) is 0 Å². The molecule has 0 saturated carbocycles. The lowest BCUT2D eigenvalue weighted by Crippen LogP contribution is -2.56. The van der Waals surface area contributed by atoms with E-state index < -0.39 is 44.4 Å². The van der Waals surface area contributed by atoms with Gasteiger partial charge in [0.05, 0.1) is 11.5 Å². The first-order chi connectivity index (χ1) is 18.1. The Morgan fingerprint density at radius 3 is 1.85 bits per heavy atom. The highest BCUT2D eigenvalue weighted by Gasteiger charge is 2.55. The number of carbonyl (C=O) groups is 2. The van der Waals surface area contributed by atoms with E-state index in [1.165, 1.54) is 41.3 Å². The summed E-state index contributed by atoms with van der Waals surface area (Å²) >= 11 is 0. The Balaban J connectivity index is 1.79. The monoisotopic (exact) mass is 573 g/mol. The molecule has 2 aromatic rings. The Morgan fingerprint density at radius 2 is 1.38 bits per heavy atom. The standard InChI is InChI=1S/C26H30F3NO8S/c1-5-35-22(31)25(14-16-30(17-15-25)23(32)38-24(2,3)4)39(33,34)21-12-10-19(11-13-21)36-18-6-8-20(9-7-18)37-26(27,28)29/h6-13H,5,14-17H2,1-4H3. The van der Waals surface area contributed by atoms with Crippen LogP contribution in [-0.2, 0) is 24.1 Å². The summed E-state index contributed by atoms with van der Waals surface area (Å²) in [6, 6.07) is 9.95. The van der Waals surface area contributed by atoms with Crippen LogP contribution in [0, 0.1) is 0 Å². The fraction of sp³-hybridized carbons (Fsp3) is 0.462. The van der Waals surface area contributed by atoms with E-state index in [9.17, 15) is 31.2 Å². The number of rotatable bonds is 7. The molecule has 0 aromatic heterocycles. The number of carbonyl (C=O) groups excluding carboxylic acids is 2. The van der Waals surface area contributed by atoms with Gasteiger partial charge >= 0.3 is 18.4 Å². The normalized spacial score (nSPS) is 15.8. The van der Waals surface area contributed by atoms with E-state index in [1.54, 1.807) is 27.7 Å². The molecule has 0 unspecified atom stereocenters. The van der Waals surface area contributed by atoms with E-state index in [0.717, 1.165) is 12.1 Å². The minimum Gasteiger partial charge on any atom is -0.465 e. The summed E-state index contributed by atoms with van der Waals surface area (Å²) in [5, 5.41) is 0. The molecule has 0 atom stereocenters. The first kappa shape index (κ1) is 30.1. The number of benzene rings is 2. The molecule has 0 bridgehead atoms. The number of alkyl halides is 3. The van der Waals surface area contributed by atoms with Crippen molar-refractivity contribution in [2.75, 3.05) is 19.7 Å². The van der Waals surface area contributed by atoms with Gasteiger partial charge in [0.25, 0.3) is 0 Å². The van der Waals surface area contributed by atoms with Crippen molar-refractivity contribution in [3.8, 4) is 17.2 Å². The first-order valence-corrected chi connectivity index (χ1v) is 13.6. The zero-order valence-electron chi connectivity index (χ0n) is 21.9. The van der Waals surface area contributed by atoms with Crippen molar-refractivity contribution < 1.29 is 50.1 Å². The van der Waals surface area contributed by atoms with Gasteiger partial charge in [0.15, 0.2) is 14.6 Å². The van der Waals surface area contributed by atoms with Crippen LogP contribution in [0.4, 0.5) is 18.0 Å². The third kappa shape index (κ3) is 7.34. The molecule has 0 radical (unpaired) electrons. The van der Waals surface area contributed by atoms with Gasteiger partial charge in [0, 0.05) is 13.1 Å². The van der Waals surface area contributed by atoms with Crippen LogP contribution in [0.3, 0.4) is 0 Å². The summed E-state index contributed by atoms with van der Waals surface area (Å²) in [5.74, 6) is -0.908. The third-order valence-electron chi connectivity index (χ3n) is 5.81. The zero-order valence-corrected chi connectivity index (χ0v) is 22.7. The van der Waals surface area contributed by atoms with Crippen molar-refractivity contribution in [3.05, 3.63) is 48.5 Å². The van der Waals surface area contributed by atoms with Crippen LogP contribution in [0.2, 0.25) is 0 Å². The summed E-state index contributed by atoms with van der Waals surface area (Å²) in [6.07, 6.45) is -5.79. The lowest BCUT2D eigenvalue weighted by molar-refractivity contribution is -0.274. The van der Waals surface area contributed by atoms with Crippen LogP contribution in [0.5, 0.6) is 17.2 Å². The lowest BCUT2D eigenvalue weighted by Gasteiger charge is -2.39. The highest BCUT2D eigenvalue weighted by molar-refractivity contribution is 7.93. The first-order valence-electron chi connectivity index (χ1n) is 12.1. The lowest BCUT2D eigenvalue weighted by atomic mass is 9.96. The smallest absolute Gasteiger partial charge is 0.465 e. The van der Waals surface area contributed by atoms with Crippen molar-refractivity contribution in [3.63, 3.8) is 0 Å². The van der Waals surface area contributed by atoms with Gasteiger partial charge in [-0.1, -0.05) is 0 Å². The summed E-state index contributed by atoms with van der Waals surface area (Å²) < 4.78 is 82.6. The maximum Gasteiger partial charge on any atom is 0.573 e. The van der Waals surface area contributed by atoms with Gasteiger partial charge in [-0.25, -0.2) is 13.2 Å². The number of amides is 1. The fourth-order valence-corrected chi connectivity index (χ4v) is 5.92. The van der Waals surface area contributed by atoms with Crippen molar-refractivity contribution in [1.82, 2.24) is 4.90 Å². The molecule has 1 amide bonds. The predicted octanol–water partition coefficient (Wildman–Crippen LogP) is 5.48. The summed E-state index contributed by atoms with van der Waals surface area (Å²) in [6.45, 7) is 6.64. The molecule has 3 rings (SSSR count). The average molecular weight is 574 g/mol. The molecule has 1 saturated heterocycles. The molecular formula is C26H30F3NO8S. The van der Waals surface area contributed by atoms with Crippen LogP contribution in [0.1, 0.15) is 40.5 Å². The molecular weight excluding hydrogens is 543 g/mol. The fourth-order valence-electron chi connectivity index (χ4n) is 3.98. The number of hydrogen-bond donors (Lipinski definition) is 0. The second kappa shape index (κ2) is 11.3. The average Bonchev–Trinajstić information content (AvgIpc) is 2.84. The Bertz CT molecular complexity index is 1260. The van der Waals surface area contributed by atoms with Crippen LogP contribution < -0.4 is 9.47 Å². The van der Waals surface area contributed by atoms with Crippen molar-refractivity contribution >= 4 is 21.9 Å². The van der Waals surface area contributed by atoms with Crippen molar-refractivity contribution in [2.45, 2.75) is 62.1 Å². The number of ether oxygens (including phenoxy) is 4. The number of halogens is 3. The quantitative estimate of drug-likeness (QED) is 0.401. The zero-order chi connectivity index (χ0) is 29.1. The van der Waals surface area contributed by atoms with Gasteiger partial charge in [-0.15, -0.1) is 13.2 Å². The van der Waals surface area contributed by atoms with Gasteiger partial charge in [-0.2, -0.15) is 0 Å². The molecule has 1 fully saturated rings. The number of likely N-dealkylation sites (tertiary alicyclic amines) is 1. The van der Waals surface area contributed by atoms with E-state index in [4.69, 9.17) is 14.2 Å². The van der Waals surface area contributed by atoms with Gasteiger partial charge in [-0.3, -0.25) is 4.79 Å². The van der Waals surface area contributed by atoms with Crippen molar-refractivity contribution in [1.29, 1.82) is 0 Å². The van der Waals surface area contributed by atoms with Crippen LogP contribution in [0.15, 0.2) is 53.4 Å². The molecule has 0 N–H and O–H groups in total. The molecule has 39 heavy (non-hydrogen) atoms. The molecule has 1 aliphatic heterocycles. The van der Waals surface area contributed by atoms with Gasteiger partial charge in [0.1, 0.15) is 22.8 Å². The Morgan fingerprint density at radius 1 is 0.897 bits per heavy atom. The SMILES string of the molecule is CCOC(=O)C1(S(=O)(=O)c2ccc(Oc3ccc(OC(F)(F)F)cc3)cc2)CCN(C(=O)OC(C)(C)C)CC1. The Labute approximate surface area is 224 Å². The van der Waals surface area contributed by atoms with E-state index in [-0.39, 0.29) is 48.9 Å². The molecule has 0 spiro atoms. The number of sulfone groups is 1. The van der Waals surface area contributed by atoms with Crippen LogP contribution in [0.25, 0.3) is 0 Å². The molecule has 9 nitrogen and oxygen atoms in total. The topological polar surface area (TPSA) is 108 Å². The maximum atomic E-state index is 13.8. The van der Waals surface area contributed by atoms with Crippen LogP contribution in [-0.4, -0.2) is 61.8 Å². The highest BCUT2D eigenvalue weighted by Crippen LogP contribution is 2.38. The summed E-state index contributed by atoms with van der Waals surface area (Å²) in [5.41, 5.74) is -0.735. The minimum absolute atomic E-state index is 0.0224. The maximum absolute atomic E-state index is 13.8. The van der Waals surface area contributed by atoms with E-state index >= 15 is 0 Å². The van der Waals surface area contributed by atoms with Gasteiger partial charge in [-0.05, 0) is 89.1 Å². The molecule has 214 valence electrons. The van der Waals surface area contributed by atoms with Gasteiger partial charge < -0.3 is 23.8 Å². The van der Waals surface area contributed by atoms with Gasteiger partial charge in [0.2, 0.25) is 0 Å². The number of piperidine rings is 1. The third-order valence-corrected chi connectivity index (χ3v) is 8.31. The number of hydrogen-bond acceptors (Lipinski definition) is 8. The largest absolute Gasteiger partial charge is 0.573 e. The molecule has 2 aromatic carbocycles. The van der Waals surface area contributed by atoms with E-state index in [1.807, 2.05) is 0 Å². The minimum atomic E-state index is -4.82. The number of esters is 1. The van der Waals surface area contributed by atoms with Crippen molar-refractivity contribution in [2.24, 2.45) is 0 Å². The highest BCUT2D eigenvalue weighted by atomic mass is 32.2. The molecule has 1 heterocycles. The molecule has 13 heteroatoms. The second-order valence-corrected chi connectivity index (χ2v) is 12.0. The summed E-state index contributed by atoms with van der Waals surface area (Å²) in [4.78, 5) is 26.7. The Kier molecular flexibility index (Phi) is 8.73.